The third kappa shape index (κ3) is 2.11. The molecule has 0 radical (unpaired) electrons. The van der Waals surface area contributed by atoms with Crippen molar-refractivity contribution in [3.8, 4) is 0 Å². The summed E-state index contributed by atoms with van der Waals surface area (Å²) in [6.45, 7) is 5.45. The van der Waals surface area contributed by atoms with E-state index in [1.165, 1.54) is 22.3 Å². The first-order chi connectivity index (χ1) is 8.33. The summed E-state index contributed by atoms with van der Waals surface area (Å²) in [5, 5.41) is 0. The molecular weight excluding hydrogens is 206 g/mol. The Morgan fingerprint density at radius 2 is 1.76 bits per heavy atom. The Labute approximate surface area is 103 Å². The summed E-state index contributed by atoms with van der Waals surface area (Å²) in [4.78, 5) is 2.51. The van der Waals surface area contributed by atoms with Gasteiger partial charge in [0.1, 0.15) is 0 Å². The maximum atomic E-state index is 2.51. The predicted molar refractivity (Wildman–Crippen MR) is 70.6 cm³/mol. The molecule has 0 atom stereocenters. The lowest BCUT2D eigenvalue weighted by Gasteiger charge is -2.14. The first-order valence-corrected chi connectivity index (χ1v) is 6.16. The second-order valence-electron chi connectivity index (χ2n) is 4.84. The Hall–Kier alpha value is -1.60. The first kappa shape index (κ1) is 10.5. The SMILES string of the molecule is Cc1cccc2c1CN(Cc1ccccc1)C2. The Morgan fingerprint density at radius 3 is 2.53 bits per heavy atom. The molecule has 0 aliphatic carbocycles. The quantitative estimate of drug-likeness (QED) is 0.753. The monoisotopic (exact) mass is 223 g/mol. The zero-order valence-corrected chi connectivity index (χ0v) is 10.2. The summed E-state index contributed by atoms with van der Waals surface area (Å²) >= 11 is 0. The van der Waals surface area contributed by atoms with Crippen molar-refractivity contribution < 1.29 is 0 Å². The number of rotatable bonds is 2. The van der Waals surface area contributed by atoms with Gasteiger partial charge in [0.25, 0.3) is 0 Å². The Morgan fingerprint density at radius 1 is 0.941 bits per heavy atom. The molecule has 17 heavy (non-hydrogen) atoms. The van der Waals surface area contributed by atoms with Gasteiger partial charge in [-0.25, -0.2) is 0 Å². The highest BCUT2D eigenvalue weighted by molar-refractivity contribution is 5.37. The van der Waals surface area contributed by atoms with Crippen LogP contribution in [0.25, 0.3) is 0 Å². The fraction of sp³-hybridized carbons (Fsp3) is 0.250. The largest absolute Gasteiger partial charge is 0.291 e. The molecular formula is C16H17N. The lowest BCUT2D eigenvalue weighted by atomic mass is 10.1. The van der Waals surface area contributed by atoms with Crippen molar-refractivity contribution in [2.24, 2.45) is 0 Å². The summed E-state index contributed by atoms with van der Waals surface area (Å²) in [6, 6.07) is 17.4. The molecule has 1 nitrogen and oxygen atoms in total. The van der Waals surface area contributed by atoms with Gasteiger partial charge in [-0.2, -0.15) is 0 Å². The molecule has 2 aromatic rings. The number of nitrogens with zero attached hydrogens (tertiary/aromatic N) is 1. The van der Waals surface area contributed by atoms with Crippen molar-refractivity contribution in [3.63, 3.8) is 0 Å². The van der Waals surface area contributed by atoms with E-state index in [1.807, 2.05) is 0 Å². The maximum Gasteiger partial charge on any atom is 0.0246 e. The topological polar surface area (TPSA) is 3.24 Å². The van der Waals surface area contributed by atoms with Gasteiger partial charge in [-0.05, 0) is 29.2 Å². The average Bonchev–Trinajstić information content (AvgIpc) is 2.74. The molecule has 0 saturated carbocycles. The van der Waals surface area contributed by atoms with E-state index in [4.69, 9.17) is 0 Å². The van der Waals surface area contributed by atoms with Gasteiger partial charge >= 0.3 is 0 Å². The molecule has 1 aliphatic heterocycles. The van der Waals surface area contributed by atoms with E-state index >= 15 is 0 Å². The molecule has 0 spiro atoms. The molecule has 0 N–H and O–H groups in total. The molecule has 0 unspecified atom stereocenters. The van der Waals surface area contributed by atoms with Gasteiger partial charge in [0.2, 0.25) is 0 Å². The molecule has 1 heterocycles. The average molecular weight is 223 g/mol. The van der Waals surface area contributed by atoms with E-state index in [-0.39, 0.29) is 0 Å². The van der Waals surface area contributed by atoms with Crippen molar-refractivity contribution in [2.75, 3.05) is 0 Å². The van der Waals surface area contributed by atoms with Crippen LogP contribution in [0, 0.1) is 6.92 Å². The summed E-state index contributed by atoms with van der Waals surface area (Å²) < 4.78 is 0. The minimum atomic E-state index is 1.05. The standard InChI is InChI=1S/C16H17N/c1-13-6-5-9-15-11-17(12-16(13)15)10-14-7-3-2-4-8-14/h2-9H,10-12H2,1H3. The van der Waals surface area contributed by atoms with Gasteiger partial charge < -0.3 is 0 Å². The normalized spacial score (nSPS) is 14.9. The molecule has 3 rings (SSSR count). The van der Waals surface area contributed by atoms with E-state index in [0.29, 0.717) is 0 Å². The molecule has 0 saturated heterocycles. The van der Waals surface area contributed by atoms with Gasteiger partial charge in [-0.1, -0.05) is 48.5 Å². The molecule has 0 fully saturated rings. The zero-order chi connectivity index (χ0) is 11.7. The van der Waals surface area contributed by atoms with Gasteiger partial charge in [0.15, 0.2) is 0 Å². The lowest BCUT2D eigenvalue weighted by molar-refractivity contribution is 0.275. The molecule has 1 heteroatoms. The highest BCUT2D eigenvalue weighted by Gasteiger charge is 2.19. The van der Waals surface area contributed by atoms with Crippen molar-refractivity contribution in [1.29, 1.82) is 0 Å². The van der Waals surface area contributed by atoms with Crippen LogP contribution < -0.4 is 0 Å². The van der Waals surface area contributed by atoms with Gasteiger partial charge in [0.05, 0.1) is 0 Å². The van der Waals surface area contributed by atoms with Crippen LogP contribution in [-0.2, 0) is 19.6 Å². The highest BCUT2D eigenvalue weighted by atomic mass is 15.1. The Bertz CT molecular complexity index is 516. The number of hydrogen-bond acceptors (Lipinski definition) is 1. The van der Waals surface area contributed by atoms with Gasteiger partial charge in [-0.15, -0.1) is 0 Å². The van der Waals surface area contributed by atoms with Crippen molar-refractivity contribution in [2.45, 2.75) is 26.6 Å². The molecule has 0 amide bonds. The predicted octanol–water partition coefficient (Wildman–Crippen LogP) is 3.51. The number of hydrogen-bond donors (Lipinski definition) is 0. The zero-order valence-electron chi connectivity index (χ0n) is 10.2. The van der Waals surface area contributed by atoms with E-state index < -0.39 is 0 Å². The number of aryl methyl sites for hydroxylation is 1. The molecule has 2 aromatic carbocycles. The molecule has 1 aliphatic rings. The van der Waals surface area contributed by atoms with Crippen LogP contribution in [0.3, 0.4) is 0 Å². The highest BCUT2D eigenvalue weighted by Crippen LogP contribution is 2.26. The van der Waals surface area contributed by atoms with Crippen LogP contribution in [0.4, 0.5) is 0 Å². The Balaban J connectivity index is 1.77. The summed E-state index contributed by atoms with van der Waals surface area (Å²) in [5.41, 5.74) is 5.86. The van der Waals surface area contributed by atoms with Gasteiger partial charge in [-0.3, -0.25) is 4.90 Å². The van der Waals surface area contributed by atoms with Crippen molar-refractivity contribution in [3.05, 3.63) is 70.8 Å². The molecule has 0 bridgehead atoms. The van der Waals surface area contributed by atoms with E-state index in [0.717, 1.165) is 19.6 Å². The van der Waals surface area contributed by atoms with E-state index in [9.17, 15) is 0 Å². The maximum absolute atomic E-state index is 2.51. The molecule has 86 valence electrons. The van der Waals surface area contributed by atoms with Crippen LogP contribution >= 0.6 is 0 Å². The number of benzene rings is 2. The second-order valence-corrected chi connectivity index (χ2v) is 4.84. The summed E-state index contributed by atoms with van der Waals surface area (Å²) in [5.74, 6) is 0. The minimum Gasteiger partial charge on any atom is -0.291 e. The van der Waals surface area contributed by atoms with E-state index in [1.54, 1.807) is 0 Å². The summed E-state index contributed by atoms with van der Waals surface area (Å²) in [6.07, 6.45) is 0. The van der Waals surface area contributed by atoms with Crippen LogP contribution in [0.2, 0.25) is 0 Å². The third-order valence-corrected chi connectivity index (χ3v) is 3.53. The Kier molecular flexibility index (Phi) is 2.69. The summed E-state index contributed by atoms with van der Waals surface area (Å²) in [7, 11) is 0. The lowest BCUT2D eigenvalue weighted by Crippen LogP contribution is -2.15. The smallest absolute Gasteiger partial charge is 0.0246 e. The van der Waals surface area contributed by atoms with Crippen LogP contribution in [0.15, 0.2) is 48.5 Å². The van der Waals surface area contributed by atoms with Crippen LogP contribution in [-0.4, -0.2) is 4.90 Å². The van der Waals surface area contributed by atoms with Crippen molar-refractivity contribution in [1.82, 2.24) is 4.90 Å². The van der Waals surface area contributed by atoms with Crippen molar-refractivity contribution >= 4 is 0 Å². The minimum absolute atomic E-state index is 1.05. The van der Waals surface area contributed by atoms with Crippen LogP contribution in [0.1, 0.15) is 22.3 Å². The third-order valence-electron chi connectivity index (χ3n) is 3.53. The van der Waals surface area contributed by atoms with Gasteiger partial charge in [0, 0.05) is 19.6 Å². The fourth-order valence-electron chi connectivity index (χ4n) is 2.61. The molecule has 0 aromatic heterocycles. The van der Waals surface area contributed by atoms with E-state index in [2.05, 4.69) is 60.4 Å². The second kappa shape index (κ2) is 4.34. The fourth-order valence-corrected chi connectivity index (χ4v) is 2.61. The van der Waals surface area contributed by atoms with Crippen LogP contribution in [0.5, 0.6) is 0 Å². The number of fused-ring (bicyclic) bond motifs is 1. The first-order valence-electron chi connectivity index (χ1n) is 6.16.